The van der Waals surface area contributed by atoms with Crippen LogP contribution in [0.25, 0.3) is 0 Å². The molecule has 0 aliphatic carbocycles. The van der Waals surface area contributed by atoms with E-state index in [2.05, 4.69) is 9.97 Å². The van der Waals surface area contributed by atoms with Gasteiger partial charge in [-0.2, -0.15) is 13.2 Å². The van der Waals surface area contributed by atoms with E-state index < -0.39 is 11.7 Å². The summed E-state index contributed by atoms with van der Waals surface area (Å²) >= 11 is 6.43. The number of halogens is 4. The van der Waals surface area contributed by atoms with Crippen LogP contribution in [0, 0.1) is 0 Å². The molecular weight excluding hydrogens is 285 g/mol. The van der Waals surface area contributed by atoms with Gasteiger partial charge in [0.1, 0.15) is 0 Å². The topological polar surface area (TPSA) is 25.8 Å². The molecule has 18 heavy (non-hydrogen) atoms. The van der Waals surface area contributed by atoms with E-state index in [0.29, 0.717) is 0 Å². The van der Waals surface area contributed by atoms with Crippen LogP contribution in [-0.4, -0.2) is 9.97 Å². The zero-order chi connectivity index (χ0) is 13.2. The van der Waals surface area contributed by atoms with Crippen molar-refractivity contribution in [1.29, 1.82) is 0 Å². The molecular formula is C11H6ClF3N2S. The summed E-state index contributed by atoms with van der Waals surface area (Å²) in [4.78, 5) is 7.77. The zero-order valence-corrected chi connectivity index (χ0v) is 10.4. The standard InChI is InChI=1S/C11H6ClF3N2S/c12-7-2-3-9(8(6-7)11(13,14)15)18-10-16-4-1-5-17-10/h1-6H. The summed E-state index contributed by atoms with van der Waals surface area (Å²) in [6, 6.07) is 5.21. The maximum Gasteiger partial charge on any atom is 0.417 e. The van der Waals surface area contributed by atoms with Crippen LogP contribution in [0.1, 0.15) is 5.56 Å². The van der Waals surface area contributed by atoms with E-state index in [-0.39, 0.29) is 15.1 Å². The largest absolute Gasteiger partial charge is 0.417 e. The van der Waals surface area contributed by atoms with Gasteiger partial charge in [0.05, 0.1) is 5.56 Å². The van der Waals surface area contributed by atoms with Crippen LogP contribution >= 0.6 is 23.4 Å². The summed E-state index contributed by atoms with van der Waals surface area (Å²) in [6.07, 6.45) is -1.51. The van der Waals surface area contributed by atoms with Gasteiger partial charge in [-0.15, -0.1) is 0 Å². The lowest BCUT2D eigenvalue weighted by Crippen LogP contribution is -2.06. The highest BCUT2D eigenvalue weighted by molar-refractivity contribution is 7.99. The Morgan fingerprint density at radius 1 is 1.11 bits per heavy atom. The molecule has 1 aromatic carbocycles. The summed E-state index contributed by atoms with van der Waals surface area (Å²) in [5.41, 5.74) is -0.785. The highest BCUT2D eigenvalue weighted by Crippen LogP contribution is 2.39. The minimum Gasteiger partial charge on any atom is -0.231 e. The van der Waals surface area contributed by atoms with Gasteiger partial charge in [0.25, 0.3) is 0 Å². The number of aromatic nitrogens is 2. The zero-order valence-electron chi connectivity index (χ0n) is 8.78. The van der Waals surface area contributed by atoms with Gasteiger partial charge in [0.2, 0.25) is 0 Å². The predicted molar refractivity (Wildman–Crippen MR) is 62.6 cm³/mol. The van der Waals surface area contributed by atoms with Crippen LogP contribution in [-0.2, 0) is 6.18 Å². The minimum atomic E-state index is -4.46. The maximum atomic E-state index is 12.8. The fraction of sp³-hybridized carbons (Fsp3) is 0.0909. The molecule has 0 radical (unpaired) electrons. The van der Waals surface area contributed by atoms with Crippen LogP contribution in [0.4, 0.5) is 13.2 Å². The van der Waals surface area contributed by atoms with E-state index >= 15 is 0 Å². The lowest BCUT2D eigenvalue weighted by molar-refractivity contribution is -0.139. The Hall–Kier alpha value is -1.27. The second-order valence-electron chi connectivity index (χ2n) is 3.27. The lowest BCUT2D eigenvalue weighted by atomic mass is 10.2. The molecule has 1 heterocycles. The van der Waals surface area contributed by atoms with Gasteiger partial charge in [-0.1, -0.05) is 11.6 Å². The Kier molecular flexibility index (Phi) is 3.77. The lowest BCUT2D eigenvalue weighted by Gasteiger charge is -2.11. The molecule has 7 heteroatoms. The molecule has 1 aromatic heterocycles. The van der Waals surface area contributed by atoms with Gasteiger partial charge in [-0.05, 0) is 36.0 Å². The number of nitrogens with zero attached hydrogens (tertiary/aromatic N) is 2. The first-order chi connectivity index (χ1) is 8.47. The van der Waals surface area contributed by atoms with E-state index in [1.54, 1.807) is 6.07 Å². The predicted octanol–water partition coefficient (Wildman–Crippen LogP) is 4.30. The molecule has 0 atom stereocenters. The van der Waals surface area contributed by atoms with Crippen LogP contribution in [0.2, 0.25) is 5.02 Å². The highest BCUT2D eigenvalue weighted by Gasteiger charge is 2.34. The second kappa shape index (κ2) is 5.16. The Morgan fingerprint density at radius 3 is 2.39 bits per heavy atom. The molecule has 0 saturated heterocycles. The van der Waals surface area contributed by atoms with Crippen LogP contribution in [0.15, 0.2) is 46.7 Å². The molecule has 0 amide bonds. The molecule has 0 saturated carbocycles. The number of alkyl halides is 3. The molecule has 0 N–H and O–H groups in total. The van der Waals surface area contributed by atoms with Gasteiger partial charge in [0, 0.05) is 22.3 Å². The first kappa shape index (κ1) is 13.2. The van der Waals surface area contributed by atoms with Gasteiger partial charge < -0.3 is 0 Å². The summed E-state index contributed by atoms with van der Waals surface area (Å²) < 4.78 is 38.5. The summed E-state index contributed by atoms with van der Waals surface area (Å²) in [6.45, 7) is 0. The first-order valence-corrected chi connectivity index (χ1v) is 5.98. The van der Waals surface area contributed by atoms with Crippen molar-refractivity contribution in [2.24, 2.45) is 0 Å². The van der Waals surface area contributed by atoms with E-state index in [1.807, 2.05) is 0 Å². The first-order valence-electron chi connectivity index (χ1n) is 4.78. The monoisotopic (exact) mass is 290 g/mol. The van der Waals surface area contributed by atoms with Crippen molar-refractivity contribution >= 4 is 23.4 Å². The normalized spacial score (nSPS) is 11.6. The van der Waals surface area contributed by atoms with Crippen LogP contribution in [0.3, 0.4) is 0 Å². The van der Waals surface area contributed by atoms with E-state index in [4.69, 9.17) is 11.6 Å². The fourth-order valence-corrected chi connectivity index (χ4v) is 2.27. The Morgan fingerprint density at radius 2 is 1.78 bits per heavy atom. The minimum absolute atomic E-state index is 0.0260. The van der Waals surface area contributed by atoms with E-state index in [1.165, 1.54) is 24.5 Å². The maximum absolute atomic E-state index is 12.8. The van der Waals surface area contributed by atoms with Crippen molar-refractivity contribution < 1.29 is 13.2 Å². The number of hydrogen-bond donors (Lipinski definition) is 0. The fourth-order valence-electron chi connectivity index (χ4n) is 1.25. The molecule has 2 aromatic rings. The average Bonchev–Trinajstić information content (AvgIpc) is 2.31. The highest BCUT2D eigenvalue weighted by atomic mass is 35.5. The third kappa shape index (κ3) is 3.14. The van der Waals surface area contributed by atoms with Crippen molar-refractivity contribution in [2.45, 2.75) is 16.2 Å². The van der Waals surface area contributed by atoms with E-state index in [9.17, 15) is 13.2 Å². The molecule has 0 fully saturated rings. The van der Waals surface area contributed by atoms with Crippen LogP contribution < -0.4 is 0 Å². The van der Waals surface area contributed by atoms with Gasteiger partial charge in [0.15, 0.2) is 5.16 Å². The summed E-state index contributed by atoms with van der Waals surface area (Å²) in [7, 11) is 0. The van der Waals surface area contributed by atoms with Crippen LogP contribution in [0.5, 0.6) is 0 Å². The molecule has 94 valence electrons. The molecule has 0 bridgehead atoms. The molecule has 0 aliphatic heterocycles. The third-order valence-electron chi connectivity index (χ3n) is 1.99. The number of rotatable bonds is 2. The second-order valence-corrected chi connectivity index (χ2v) is 4.72. The Bertz CT molecular complexity index is 546. The average molecular weight is 291 g/mol. The Balaban J connectivity index is 2.39. The molecule has 2 rings (SSSR count). The number of benzene rings is 1. The molecule has 2 nitrogen and oxygen atoms in total. The summed E-state index contributed by atoms with van der Waals surface area (Å²) in [5.74, 6) is 0. The molecule has 0 spiro atoms. The van der Waals surface area contributed by atoms with Crippen molar-refractivity contribution in [3.8, 4) is 0 Å². The quantitative estimate of drug-likeness (QED) is 0.771. The van der Waals surface area contributed by atoms with Gasteiger partial charge in [-0.3, -0.25) is 0 Å². The van der Waals surface area contributed by atoms with Gasteiger partial charge in [-0.25, -0.2) is 9.97 Å². The Labute approximate surface area is 110 Å². The van der Waals surface area contributed by atoms with Crippen molar-refractivity contribution in [3.63, 3.8) is 0 Å². The van der Waals surface area contributed by atoms with Crippen molar-refractivity contribution in [3.05, 3.63) is 47.2 Å². The van der Waals surface area contributed by atoms with E-state index in [0.717, 1.165) is 17.8 Å². The third-order valence-corrected chi connectivity index (χ3v) is 3.19. The van der Waals surface area contributed by atoms with Crippen molar-refractivity contribution in [2.75, 3.05) is 0 Å². The molecule has 0 aliphatic rings. The molecule has 0 unspecified atom stereocenters. The SMILES string of the molecule is FC(F)(F)c1cc(Cl)ccc1Sc1ncccn1. The van der Waals surface area contributed by atoms with Crippen molar-refractivity contribution in [1.82, 2.24) is 9.97 Å². The smallest absolute Gasteiger partial charge is 0.231 e. The summed E-state index contributed by atoms with van der Waals surface area (Å²) in [5, 5.41) is 0.297. The number of hydrogen-bond acceptors (Lipinski definition) is 3. The van der Waals surface area contributed by atoms with Gasteiger partial charge >= 0.3 is 6.18 Å².